The fourth-order valence-electron chi connectivity index (χ4n) is 4.93. The van der Waals surface area contributed by atoms with Crippen LogP contribution in [0.4, 0.5) is 18.9 Å². The molecule has 0 radical (unpaired) electrons. The van der Waals surface area contributed by atoms with E-state index in [1.807, 2.05) is 17.7 Å². The van der Waals surface area contributed by atoms with E-state index in [4.69, 9.17) is 0 Å². The van der Waals surface area contributed by atoms with Gasteiger partial charge in [0.1, 0.15) is 12.0 Å². The van der Waals surface area contributed by atoms with Crippen LogP contribution in [0.3, 0.4) is 0 Å². The van der Waals surface area contributed by atoms with Gasteiger partial charge in [-0.1, -0.05) is 11.8 Å². The summed E-state index contributed by atoms with van der Waals surface area (Å²) in [7, 11) is 1.94. The molecule has 5 rings (SSSR count). The number of anilines is 1. The van der Waals surface area contributed by atoms with E-state index in [1.54, 1.807) is 30.1 Å². The van der Waals surface area contributed by atoms with Crippen molar-refractivity contribution in [2.24, 2.45) is 13.0 Å². The van der Waals surface area contributed by atoms with E-state index in [9.17, 15) is 13.2 Å². The molecule has 0 saturated carbocycles. The van der Waals surface area contributed by atoms with Crippen LogP contribution in [-0.2, 0) is 13.2 Å². The molecule has 2 fully saturated rings. The Morgan fingerprint density at radius 3 is 2.65 bits per heavy atom. The molecule has 2 aromatic heterocycles. The van der Waals surface area contributed by atoms with E-state index < -0.39 is 11.7 Å². The zero-order valence-corrected chi connectivity index (χ0v) is 19.6. The molecule has 34 heavy (non-hydrogen) atoms. The van der Waals surface area contributed by atoms with Gasteiger partial charge in [0.15, 0.2) is 11.0 Å². The van der Waals surface area contributed by atoms with E-state index in [-0.39, 0.29) is 0 Å². The molecule has 0 unspecified atom stereocenters. The first-order valence-corrected chi connectivity index (χ1v) is 12.3. The standard InChI is InChI=1S/C23H26F3N7S/c1-31-21(19-7-9-27-15-28-19)29-30-22(31)34-12-2-10-32-13-16-8-11-33(20(16)14-32)18-5-3-17(4-6-18)23(24,25)26/h3-7,9,15-16,20H,2,8,10-14H2,1H3/t16-,20+/m1/s1. The summed E-state index contributed by atoms with van der Waals surface area (Å²) >= 11 is 1.68. The monoisotopic (exact) mass is 489 g/mol. The molecular weight excluding hydrogens is 463 g/mol. The van der Waals surface area contributed by atoms with Crippen LogP contribution in [-0.4, -0.2) is 67.6 Å². The van der Waals surface area contributed by atoms with Crippen LogP contribution in [0.2, 0.25) is 0 Å². The predicted molar refractivity (Wildman–Crippen MR) is 124 cm³/mol. The van der Waals surface area contributed by atoms with Crippen LogP contribution in [0.15, 0.2) is 48.0 Å². The molecule has 0 aliphatic carbocycles. The van der Waals surface area contributed by atoms with E-state index in [0.29, 0.717) is 12.0 Å². The van der Waals surface area contributed by atoms with E-state index in [1.165, 1.54) is 18.5 Å². The van der Waals surface area contributed by atoms with Crippen molar-refractivity contribution in [1.29, 1.82) is 0 Å². The molecule has 2 aliphatic heterocycles. The van der Waals surface area contributed by atoms with Gasteiger partial charge in [-0.25, -0.2) is 9.97 Å². The van der Waals surface area contributed by atoms with Gasteiger partial charge < -0.3 is 14.4 Å². The number of likely N-dealkylation sites (tertiary alicyclic amines) is 1. The van der Waals surface area contributed by atoms with Crippen molar-refractivity contribution in [3.8, 4) is 11.5 Å². The third-order valence-electron chi connectivity index (χ3n) is 6.65. The lowest BCUT2D eigenvalue weighted by Gasteiger charge is -2.27. The second-order valence-corrected chi connectivity index (χ2v) is 9.84. The Labute approximate surface area is 200 Å². The lowest BCUT2D eigenvalue weighted by Crippen LogP contribution is -2.35. The van der Waals surface area contributed by atoms with Crippen LogP contribution in [0.5, 0.6) is 0 Å². The van der Waals surface area contributed by atoms with Crippen molar-refractivity contribution in [3.05, 3.63) is 48.4 Å². The van der Waals surface area contributed by atoms with Crippen LogP contribution in [0, 0.1) is 5.92 Å². The Morgan fingerprint density at radius 2 is 1.91 bits per heavy atom. The third kappa shape index (κ3) is 4.76. The maximum Gasteiger partial charge on any atom is 0.416 e. The summed E-state index contributed by atoms with van der Waals surface area (Å²) in [6.07, 6.45) is 1.01. The normalized spacial score (nSPS) is 20.8. The maximum absolute atomic E-state index is 12.9. The van der Waals surface area contributed by atoms with Gasteiger partial charge >= 0.3 is 6.18 Å². The fraction of sp³-hybridized carbons (Fsp3) is 0.478. The molecule has 0 amide bonds. The molecule has 2 saturated heterocycles. The number of rotatable bonds is 7. The van der Waals surface area contributed by atoms with Crippen molar-refractivity contribution in [2.45, 2.75) is 30.2 Å². The van der Waals surface area contributed by atoms with Gasteiger partial charge in [-0.2, -0.15) is 13.2 Å². The number of halogens is 3. The average Bonchev–Trinajstić information content (AvgIpc) is 3.51. The van der Waals surface area contributed by atoms with E-state index >= 15 is 0 Å². The Bertz CT molecular complexity index is 1100. The first kappa shape index (κ1) is 23.1. The van der Waals surface area contributed by atoms with Gasteiger partial charge in [-0.3, -0.25) is 0 Å². The second-order valence-electron chi connectivity index (χ2n) is 8.78. The van der Waals surface area contributed by atoms with Crippen molar-refractivity contribution in [1.82, 2.24) is 29.6 Å². The van der Waals surface area contributed by atoms with Crippen LogP contribution in [0.25, 0.3) is 11.5 Å². The van der Waals surface area contributed by atoms with Crippen molar-refractivity contribution in [2.75, 3.05) is 36.8 Å². The Hall–Kier alpha value is -2.66. The fourth-order valence-corrected chi connectivity index (χ4v) is 5.77. The van der Waals surface area contributed by atoms with Gasteiger partial charge in [0, 0.05) is 50.4 Å². The van der Waals surface area contributed by atoms with Crippen LogP contribution >= 0.6 is 11.8 Å². The Kier molecular flexibility index (Phi) is 6.48. The zero-order valence-electron chi connectivity index (χ0n) is 18.8. The smallest absolute Gasteiger partial charge is 0.367 e. The maximum atomic E-state index is 12.9. The summed E-state index contributed by atoms with van der Waals surface area (Å²) < 4.78 is 40.6. The minimum atomic E-state index is -4.29. The van der Waals surface area contributed by atoms with E-state index in [0.717, 1.165) is 67.1 Å². The molecule has 180 valence electrons. The van der Waals surface area contributed by atoms with Crippen LogP contribution in [0.1, 0.15) is 18.4 Å². The number of nitrogens with zero attached hydrogens (tertiary/aromatic N) is 7. The summed E-state index contributed by atoms with van der Waals surface area (Å²) in [4.78, 5) is 12.9. The molecule has 2 aliphatic rings. The highest BCUT2D eigenvalue weighted by molar-refractivity contribution is 7.99. The van der Waals surface area contributed by atoms with Crippen molar-refractivity contribution >= 4 is 17.4 Å². The molecule has 1 aromatic carbocycles. The highest BCUT2D eigenvalue weighted by atomic mass is 32.2. The molecule has 0 bridgehead atoms. The summed E-state index contributed by atoms with van der Waals surface area (Å²) in [5.41, 5.74) is 1.04. The summed E-state index contributed by atoms with van der Waals surface area (Å²) in [5, 5.41) is 9.42. The summed E-state index contributed by atoms with van der Waals surface area (Å²) in [6.45, 7) is 3.91. The minimum absolute atomic E-state index is 0.374. The average molecular weight is 490 g/mol. The lowest BCUT2D eigenvalue weighted by atomic mass is 10.0. The number of aromatic nitrogens is 5. The Balaban J connectivity index is 1.11. The predicted octanol–water partition coefficient (Wildman–Crippen LogP) is 3.98. The molecular formula is C23H26F3N7S. The molecule has 3 aromatic rings. The van der Waals surface area contributed by atoms with Crippen LogP contribution < -0.4 is 4.90 Å². The number of hydrogen-bond acceptors (Lipinski definition) is 7. The molecule has 7 nitrogen and oxygen atoms in total. The first-order valence-electron chi connectivity index (χ1n) is 11.3. The second kappa shape index (κ2) is 9.53. The number of benzene rings is 1. The Morgan fingerprint density at radius 1 is 1.09 bits per heavy atom. The highest BCUT2D eigenvalue weighted by Gasteiger charge is 2.41. The minimum Gasteiger partial charge on any atom is -0.367 e. The third-order valence-corrected chi connectivity index (χ3v) is 7.75. The number of alkyl halides is 3. The molecule has 2 atom stereocenters. The number of hydrogen-bond donors (Lipinski definition) is 0. The van der Waals surface area contributed by atoms with Gasteiger partial charge in [0.2, 0.25) is 0 Å². The van der Waals surface area contributed by atoms with Gasteiger partial charge in [-0.15, -0.1) is 10.2 Å². The topological polar surface area (TPSA) is 63.0 Å². The SMILES string of the molecule is Cn1c(SCCCN2C[C@H]3CCN(c4ccc(C(F)(F)F)cc4)[C@H]3C2)nnc1-c1ccncn1. The summed E-state index contributed by atoms with van der Waals surface area (Å²) in [6, 6.07) is 7.79. The molecule has 0 spiro atoms. The molecule has 4 heterocycles. The largest absolute Gasteiger partial charge is 0.416 e. The first-order chi connectivity index (χ1) is 16.4. The van der Waals surface area contributed by atoms with Gasteiger partial charge in [0.25, 0.3) is 0 Å². The lowest BCUT2D eigenvalue weighted by molar-refractivity contribution is -0.137. The highest BCUT2D eigenvalue weighted by Crippen LogP contribution is 2.37. The van der Waals surface area contributed by atoms with Crippen molar-refractivity contribution in [3.63, 3.8) is 0 Å². The zero-order chi connectivity index (χ0) is 23.7. The summed E-state index contributed by atoms with van der Waals surface area (Å²) in [5.74, 6) is 2.23. The molecule has 11 heteroatoms. The molecule has 0 N–H and O–H groups in total. The van der Waals surface area contributed by atoms with Gasteiger partial charge in [0.05, 0.1) is 5.56 Å². The van der Waals surface area contributed by atoms with Gasteiger partial charge in [-0.05, 0) is 55.6 Å². The van der Waals surface area contributed by atoms with Crippen molar-refractivity contribution < 1.29 is 13.2 Å². The number of thioether (sulfide) groups is 1. The van der Waals surface area contributed by atoms with E-state index in [2.05, 4.69) is 30.0 Å². The number of fused-ring (bicyclic) bond motifs is 1. The quantitative estimate of drug-likeness (QED) is 0.367.